The summed E-state index contributed by atoms with van der Waals surface area (Å²) in [6.45, 7) is -0.217. The Hall–Kier alpha value is -2.00. The molecule has 0 aliphatic carbocycles. The number of ether oxygens (including phenoxy) is 1. The van der Waals surface area contributed by atoms with Gasteiger partial charge in [-0.3, -0.25) is 13.9 Å². The van der Waals surface area contributed by atoms with Gasteiger partial charge in [0.05, 0.1) is 24.8 Å². The quantitative estimate of drug-likeness (QED) is 0.751. The van der Waals surface area contributed by atoms with Crippen molar-refractivity contribution in [2.75, 3.05) is 6.61 Å². The summed E-state index contributed by atoms with van der Waals surface area (Å²) in [7, 11) is 0. The van der Waals surface area contributed by atoms with Crippen LogP contribution in [-0.4, -0.2) is 38.2 Å². The Balaban J connectivity index is 2.08. The molecule has 1 aromatic heterocycles. The Morgan fingerprint density at radius 3 is 2.62 bits per heavy atom. The minimum Gasteiger partial charge on any atom is -0.394 e. The van der Waals surface area contributed by atoms with Crippen molar-refractivity contribution in [2.45, 2.75) is 31.4 Å². The standard InChI is InChI=1S/C18H19BrN2O5/c19-7-6-13-10-20(16-8-14(23)15(11-22)26-16)18(25)21(17(13)24)9-12-4-2-1-3-5-12/h1-7,10,14-16,22-23H,8-9,11H2/b7-6+/t14-,15+,16+/m1/s1. The molecule has 138 valence electrons. The summed E-state index contributed by atoms with van der Waals surface area (Å²) in [5.41, 5.74) is 0.186. The van der Waals surface area contributed by atoms with Gasteiger partial charge in [0.15, 0.2) is 0 Å². The van der Waals surface area contributed by atoms with Gasteiger partial charge in [-0.15, -0.1) is 0 Å². The molecule has 26 heavy (non-hydrogen) atoms. The first-order chi connectivity index (χ1) is 12.5. The zero-order chi connectivity index (χ0) is 18.7. The molecule has 0 radical (unpaired) electrons. The van der Waals surface area contributed by atoms with Crippen LogP contribution in [0.1, 0.15) is 23.8 Å². The molecule has 2 aromatic rings. The molecular formula is C18H19BrN2O5. The first kappa shape index (κ1) is 18.8. The number of aromatic nitrogens is 2. The maximum absolute atomic E-state index is 12.9. The van der Waals surface area contributed by atoms with Crippen LogP contribution < -0.4 is 11.2 Å². The summed E-state index contributed by atoms with van der Waals surface area (Å²) in [4.78, 5) is 27.1. The number of benzene rings is 1. The number of hydrogen-bond acceptors (Lipinski definition) is 5. The molecule has 1 saturated heterocycles. The Bertz CT molecular complexity index is 906. The van der Waals surface area contributed by atoms with Crippen molar-refractivity contribution in [3.8, 4) is 0 Å². The lowest BCUT2D eigenvalue weighted by molar-refractivity contribution is -0.0463. The second-order valence-electron chi connectivity index (χ2n) is 6.06. The molecule has 0 bridgehead atoms. The van der Waals surface area contributed by atoms with E-state index in [9.17, 15) is 19.8 Å². The fourth-order valence-electron chi connectivity index (χ4n) is 2.99. The molecular weight excluding hydrogens is 404 g/mol. The number of aliphatic hydroxyl groups excluding tert-OH is 2. The van der Waals surface area contributed by atoms with Gasteiger partial charge in [-0.1, -0.05) is 46.3 Å². The lowest BCUT2D eigenvalue weighted by atomic mass is 10.2. The molecule has 2 N–H and O–H groups in total. The third kappa shape index (κ3) is 3.73. The van der Waals surface area contributed by atoms with Crippen molar-refractivity contribution >= 4 is 22.0 Å². The van der Waals surface area contributed by atoms with Crippen molar-refractivity contribution in [2.24, 2.45) is 0 Å². The van der Waals surface area contributed by atoms with Crippen LogP contribution in [0, 0.1) is 0 Å². The molecule has 1 fully saturated rings. The Kier molecular flexibility index (Phi) is 5.87. The molecule has 0 amide bonds. The summed E-state index contributed by atoms with van der Waals surface area (Å²) in [6, 6.07) is 9.20. The zero-order valence-corrected chi connectivity index (χ0v) is 15.4. The average Bonchev–Trinajstić information content (AvgIpc) is 3.02. The lowest BCUT2D eigenvalue weighted by Crippen LogP contribution is -2.42. The van der Waals surface area contributed by atoms with Crippen LogP contribution in [0.5, 0.6) is 0 Å². The van der Waals surface area contributed by atoms with Crippen molar-refractivity contribution in [1.82, 2.24) is 9.13 Å². The largest absolute Gasteiger partial charge is 0.394 e. The third-order valence-corrected chi connectivity index (χ3v) is 4.61. The summed E-state index contributed by atoms with van der Waals surface area (Å²) < 4.78 is 8.02. The van der Waals surface area contributed by atoms with E-state index in [-0.39, 0.29) is 19.6 Å². The number of hydrogen-bond donors (Lipinski definition) is 2. The molecule has 0 saturated carbocycles. The first-order valence-corrected chi connectivity index (χ1v) is 9.07. The highest BCUT2D eigenvalue weighted by Gasteiger charge is 2.35. The summed E-state index contributed by atoms with van der Waals surface area (Å²) in [5.74, 6) is 0. The van der Waals surface area contributed by atoms with Crippen LogP contribution >= 0.6 is 15.9 Å². The average molecular weight is 423 g/mol. The van der Waals surface area contributed by atoms with Crippen LogP contribution in [0.2, 0.25) is 0 Å². The van der Waals surface area contributed by atoms with Crippen molar-refractivity contribution in [3.63, 3.8) is 0 Å². The Morgan fingerprint density at radius 2 is 2.00 bits per heavy atom. The maximum Gasteiger partial charge on any atom is 0.333 e. The van der Waals surface area contributed by atoms with Crippen LogP contribution in [-0.2, 0) is 11.3 Å². The van der Waals surface area contributed by atoms with E-state index in [1.54, 1.807) is 6.08 Å². The van der Waals surface area contributed by atoms with Gasteiger partial charge in [0.25, 0.3) is 5.56 Å². The van der Waals surface area contributed by atoms with Gasteiger partial charge in [-0.05, 0) is 16.6 Å². The molecule has 3 atom stereocenters. The number of nitrogens with zero attached hydrogens (tertiary/aromatic N) is 2. The van der Waals surface area contributed by atoms with Gasteiger partial charge in [-0.2, -0.15) is 0 Å². The van der Waals surface area contributed by atoms with E-state index in [4.69, 9.17) is 4.74 Å². The van der Waals surface area contributed by atoms with E-state index >= 15 is 0 Å². The van der Waals surface area contributed by atoms with Crippen LogP contribution in [0.25, 0.3) is 6.08 Å². The maximum atomic E-state index is 12.9. The molecule has 3 rings (SSSR count). The lowest BCUT2D eigenvalue weighted by Gasteiger charge is -2.17. The second-order valence-corrected chi connectivity index (χ2v) is 6.59. The number of aliphatic hydroxyl groups is 2. The van der Waals surface area contributed by atoms with E-state index in [1.165, 1.54) is 15.7 Å². The van der Waals surface area contributed by atoms with E-state index in [2.05, 4.69) is 15.9 Å². The van der Waals surface area contributed by atoms with Crippen LogP contribution in [0.15, 0.2) is 51.1 Å². The van der Waals surface area contributed by atoms with E-state index in [0.29, 0.717) is 5.56 Å². The van der Waals surface area contributed by atoms with Crippen molar-refractivity contribution in [1.29, 1.82) is 0 Å². The van der Waals surface area contributed by atoms with Crippen LogP contribution in [0.4, 0.5) is 0 Å². The highest BCUT2D eigenvalue weighted by Crippen LogP contribution is 2.27. The number of halogens is 1. The van der Waals surface area contributed by atoms with Gasteiger partial charge in [-0.25, -0.2) is 4.79 Å². The van der Waals surface area contributed by atoms with E-state index in [0.717, 1.165) is 10.1 Å². The smallest absolute Gasteiger partial charge is 0.333 e. The molecule has 0 unspecified atom stereocenters. The van der Waals surface area contributed by atoms with E-state index in [1.807, 2.05) is 30.3 Å². The minimum atomic E-state index is -0.874. The molecule has 2 heterocycles. The summed E-state index contributed by atoms with van der Waals surface area (Å²) >= 11 is 3.15. The Morgan fingerprint density at radius 1 is 1.27 bits per heavy atom. The molecule has 0 spiro atoms. The SMILES string of the molecule is O=c1c(/C=C/Br)cn([C@@H]2C[C@@H](O)[C@H](CO)O2)c(=O)n1Cc1ccccc1. The summed E-state index contributed by atoms with van der Waals surface area (Å²) in [6.07, 6.45) is 0.750. The Labute approximate surface area is 157 Å². The number of rotatable bonds is 5. The van der Waals surface area contributed by atoms with Gasteiger partial charge in [0.2, 0.25) is 0 Å². The first-order valence-electron chi connectivity index (χ1n) is 8.16. The van der Waals surface area contributed by atoms with Gasteiger partial charge in [0, 0.05) is 12.6 Å². The predicted molar refractivity (Wildman–Crippen MR) is 100 cm³/mol. The molecule has 1 aliphatic rings. The predicted octanol–water partition coefficient (Wildman–Crippen LogP) is 1.06. The highest BCUT2D eigenvalue weighted by atomic mass is 79.9. The van der Waals surface area contributed by atoms with Gasteiger partial charge >= 0.3 is 5.69 Å². The third-order valence-electron chi connectivity index (χ3n) is 4.34. The molecule has 1 aromatic carbocycles. The summed E-state index contributed by atoms with van der Waals surface area (Å²) in [5, 5.41) is 19.2. The van der Waals surface area contributed by atoms with E-state index < -0.39 is 29.7 Å². The van der Waals surface area contributed by atoms with Gasteiger partial charge in [0.1, 0.15) is 12.3 Å². The minimum absolute atomic E-state index is 0.126. The van der Waals surface area contributed by atoms with Crippen molar-refractivity contribution in [3.05, 3.63) is 73.5 Å². The van der Waals surface area contributed by atoms with Crippen molar-refractivity contribution < 1.29 is 14.9 Å². The topological polar surface area (TPSA) is 93.7 Å². The van der Waals surface area contributed by atoms with Gasteiger partial charge < -0.3 is 14.9 Å². The molecule has 7 nitrogen and oxygen atoms in total. The fourth-order valence-corrected chi connectivity index (χ4v) is 3.27. The van der Waals surface area contributed by atoms with Crippen LogP contribution in [0.3, 0.4) is 0 Å². The second kappa shape index (κ2) is 8.13. The zero-order valence-electron chi connectivity index (χ0n) is 13.9. The fraction of sp³-hybridized carbons (Fsp3) is 0.333. The highest BCUT2D eigenvalue weighted by molar-refractivity contribution is 9.11. The molecule has 8 heteroatoms. The monoisotopic (exact) mass is 422 g/mol. The molecule has 1 aliphatic heterocycles. The normalized spacial score (nSPS) is 23.0.